The summed E-state index contributed by atoms with van der Waals surface area (Å²) in [6, 6.07) is 7.00. The van der Waals surface area contributed by atoms with Crippen molar-refractivity contribution in [2.75, 3.05) is 19.0 Å². The van der Waals surface area contributed by atoms with Gasteiger partial charge < -0.3 is 21.1 Å². The van der Waals surface area contributed by atoms with Gasteiger partial charge in [-0.1, -0.05) is 18.7 Å². The largest absolute Gasteiger partial charge is 0.491 e. The molecule has 5 heteroatoms. The number of ether oxygens (including phenoxy) is 1. The van der Waals surface area contributed by atoms with Crippen LogP contribution in [0.5, 0.6) is 5.75 Å². The molecule has 1 aromatic rings. The molecule has 1 aromatic carbocycles. The first kappa shape index (κ1) is 13.9. The summed E-state index contributed by atoms with van der Waals surface area (Å²) in [6.45, 7) is 4.16. The SMILES string of the molecule is C=C(N)CCCOc1ccccc1NC(=O)NC. The molecule has 0 aliphatic carbocycles. The first-order valence-electron chi connectivity index (χ1n) is 5.77. The molecule has 5 nitrogen and oxygen atoms in total. The van der Waals surface area contributed by atoms with E-state index in [1.54, 1.807) is 13.1 Å². The summed E-state index contributed by atoms with van der Waals surface area (Å²) in [6.07, 6.45) is 1.52. The Morgan fingerprint density at radius 3 is 2.83 bits per heavy atom. The molecule has 0 heterocycles. The fourth-order valence-electron chi connectivity index (χ4n) is 1.36. The molecular weight excluding hydrogens is 230 g/mol. The molecule has 0 atom stereocenters. The topological polar surface area (TPSA) is 76.4 Å². The molecule has 0 radical (unpaired) electrons. The smallest absolute Gasteiger partial charge is 0.319 e. The van der Waals surface area contributed by atoms with Gasteiger partial charge in [-0.3, -0.25) is 0 Å². The quantitative estimate of drug-likeness (QED) is 0.675. The van der Waals surface area contributed by atoms with Crippen molar-refractivity contribution in [3.8, 4) is 5.75 Å². The van der Waals surface area contributed by atoms with E-state index in [9.17, 15) is 4.79 Å². The lowest BCUT2D eigenvalue weighted by atomic mass is 10.2. The average Bonchev–Trinajstić information content (AvgIpc) is 2.36. The van der Waals surface area contributed by atoms with Crippen LogP contribution in [0.25, 0.3) is 0 Å². The second kappa shape index (κ2) is 7.21. The number of anilines is 1. The van der Waals surface area contributed by atoms with Crippen LogP contribution in [-0.4, -0.2) is 19.7 Å². The number of allylic oxidation sites excluding steroid dienone is 1. The summed E-state index contributed by atoms with van der Waals surface area (Å²) < 4.78 is 5.59. The lowest BCUT2D eigenvalue weighted by Gasteiger charge is -2.12. The van der Waals surface area contributed by atoms with E-state index in [0.29, 0.717) is 23.7 Å². The van der Waals surface area contributed by atoms with Crippen molar-refractivity contribution >= 4 is 11.7 Å². The highest BCUT2D eigenvalue weighted by atomic mass is 16.5. The molecule has 0 aliphatic rings. The third-order valence-electron chi connectivity index (χ3n) is 2.26. The van der Waals surface area contributed by atoms with Gasteiger partial charge in [0.25, 0.3) is 0 Å². The molecule has 98 valence electrons. The molecule has 0 saturated heterocycles. The van der Waals surface area contributed by atoms with E-state index in [2.05, 4.69) is 17.2 Å². The molecule has 2 amide bonds. The fourth-order valence-corrected chi connectivity index (χ4v) is 1.36. The predicted octanol–water partition coefficient (Wildman–Crippen LogP) is 2.07. The number of amides is 2. The van der Waals surface area contributed by atoms with Gasteiger partial charge in [-0.15, -0.1) is 0 Å². The Morgan fingerprint density at radius 2 is 2.17 bits per heavy atom. The maximum atomic E-state index is 11.2. The summed E-state index contributed by atoms with van der Waals surface area (Å²) in [4.78, 5) is 11.2. The van der Waals surface area contributed by atoms with Crippen LogP contribution in [-0.2, 0) is 0 Å². The number of hydrogen-bond donors (Lipinski definition) is 3. The molecule has 4 N–H and O–H groups in total. The number of benzene rings is 1. The molecule has 0 aromatic heterocycles. The van der Waals surface area contributed by atoms with Crippen molar-refractivity contribution in [2.24, 2.45) is 5.73 Å². The van der Waals surface area contributed by atoms with E-state index < -0.39 is 0 Å². The minimum absolute atomic E-state index is 0.276. The molecule has 0 saturated carbocycles. The van der Waals surface area contributed by atoms with E-state index in [1.165, 1.54) is 0 Å². The van der Waals surface area contributed by atoms with Crippen LogP contribution in [0.4, 0.5) is 10.5 Å². The third kappa shape index (κ3) is 4.78. The summed E-state index contributed by atoms with van der Waals surface area (Å²) in [5.41, 5.74) is 6.76. The van der Waals surface area contributed by atoms with Crippen molar-refractivity contribution in [3.63, 3.8) is 0 Å². The Labute approximate surface area is 107 Å². The zero-order valence-electron chi connectivity index (χ0n) is 10.5. The average molecular weight is 249 g/mol. The maximum absolute atomic E-state index is 11.2. The molecule has 0 aliphatic heterocycles. The van der Waals surface area contributed by atoms with Crippen LogP contribution in [0.1, 0.15) is 12.8 Å². The first-order chi connectivity index (χ1) is 8.63. The molecule has 18 heavy (non-hydrogen) atoms. The number of rotatable bonds is 6. The van der Waals surface area contributed by atoms with E-state index >= 15 is 0 Å². The zero-order valence-corrected chi connectivity index (χ0v) is 10.5. The monoisotopic (exact) mass is 249 g/mol. The zero-order chi connectivity index (χ0) is 13.4. The van der Waals surface area contributed by atoms with Crippen molar-refractivity contribution in [2.45, 2.75) is 12.8 Å². The Kier molecular flexibility index (Phi) is 5.57. The predicted molar refractivity (Wildman–Crippen MR) is 72.6 cm³/mol. The number of nitrogens with one attached hydrogen (secondary N) is 2. The number of nitrogens with two attached hydrogens (primary N) is 1. The van der Waals surface area contributed by atoms with Crippen molar-refractivity contribution in [1.82, 2.24) is 5.32 Å². The Balaban J connectivity index is 2.53. The van der Waals surface area contributed by atoms with Crippen molar-refractivity contribution in [3.05, 3.63) is 36.5 Å². The number of carbonyl (C=O) groups excluding carboxylic acids is 1. The Hall–Kier alpha value is -2.17. The number of urea groups is 1. The highest BCUT2D eigenvalue weighted by Gasteiger charge is 2.05. The van der Waals surface area contributed by atoms with Crippen LogP contribution in [0.3, 0.4) is 0 Å². The Morgan fingerprint density at radius 1 is 1.44 bits per heavy atom. The standard InChI is InChI=1S/C13H19N3O2/c1-10(14)6-5-9-18-12-8-4-3-7-11(12)16-13(17)15-2/h3-4,7-8H,1,5-6,9,14H2,2H3,(H2,15,16,17). The summed E-state index contributed by atoms with van der Waals surface area (Å²) >= 11 is 0. The lowest BCUT2D eigenvalue weighted by molar-refractivity contribution is 0.253. The molecule has 0 unspecified atom stereocenters. The molecule has 0 spiro atoms. The fraction of sp³-hybridized carbons (Fsp3) is 0.308. The van der Waals surface area contributed by atoms with Gasteiger partial charge in [0.2, 0.25) is 0 Å². The number of hydrogen-bond acceptors (Lipinski definition) is 3. The normalized spacial score (nSPS) is 9.61. The maximum Gasteiger partial charge on any atom is 0.319 e. The first-order valence-corrected chi connectivity index (χ1v) is 5.77. The number of carbonyl (C=O) groups is 1. The highest BCUT2D eigenvalue weighted by Crippen LogP contribution is 2.23. The summed E-state index contributed by atoms with van der Waals surface area (Å²) in [5, 5.41) is 5.18. The van der Waals surface area contributed by atoms with Gasteiger partial charge in [-0.25, -0.2) is 4.79 Å². The van der Waals surface area contributed by atoms with Crippen LogP contribution < -0.4 is 21.1 Å². The lowest BCUT2D eigenvalue weighted by Crippen LogP contribution is -2.24. The van der Waals surface area contributed by atoms with Gasteiger partial charge in [0.05, 0.1) is 12.3 Å². The minimum atomic E-state index is -0.276. The summed E-state index contributed by atoms with van der Waals surface area (Å²) in [5.74, 6) is 0.642. The van der Waals surface area contributed by atoms with Crippen LogP contribution >= 0.6 is 0 Å². The minimum Gasteiger partial charge on any atom is -0.491 e. The van der Waals surface area contributed by atoms with Gasteiger partial charge in [-0.05, 0) is 25.0 Å². The molecule has 0 bridgehead atoms. The van der Waals surface area contributed by atoms with Gasteiger partial charge in [-0.2, -0.15) is 0 Å². The van der Waals surface area contributed by atoms with E-state index in [1.807, 2.05) is 18.2 Å². The highest BCUT2D eigenvalue weighted by molar-refractivity contribution is 5.90. The molecule has 0 fully saturated rings. The Bertz CT molecular complexity index is 418. The van der Waals surface area contributed by atoms with Gasteiger partial charge >= 0.3 is 6.03 Å². The van der Waals surface area contributed by atoms with Crippen LogP contribution in [0, 0.1) is 0 Å². The van der Waals surface area contributed by atoms with Gasteiger partial charge in [0, 0.05) is 12.7 Å². The van der Waals surface area contributed by atoms with E-state index in [0.717, 1.165) is 12.8 Å². The van der Waals surface area contributed by atoms with Gasteiger partial charge in [0.1, 0.15) is 5.75 Å². The summed E-state index contributed by atoms with van der Waals surface area (Å²) in [7, 11) is 1.56. The third-order valence-corrected chi connectivity index (χ3v) is 2.26. The molecule has 1 rings (SSSR count). The van der Waals surface area contributed by atoms with Gasteiger partial charge in [0.15, 0.2) is 0 Å². The molecular formula is C13H19N3O2. The van der Waals surface area contributed by atoms with Crippen molar-refractivity contribution < 1.29 is 9.53 Å². The second-order valence-corrected chi connectivity index (χ2v) is 3.81. The van der Waals surface area contributed by atoms with E-state index in [-0.39, 0.29) is 6.03 Å². The van der Waals surface area contributed by atoms with Crippen LogP contribution in [0.2, 0.25) is 0 Å². The van der Waals surface area contributed by atoms with Crippen molar-refractivity contribution in [1.29, 1.82) is 0 Å². The van der Waals surface area contributed by atoms with E-state index in [4.69, 9.17) is 10.5 Å². The van der Waals surface area contributed by atoms with Crippen LogP contribution in [0.15, 0.2) is 36.5 Å². The second-order valence-electron chi connectivity index (χ2n) is 3.81. The number of para-hydroxylation sites is 2.